The van der Waals surface area contributed by atoms with E-state index in [4.69, 9.17) is 37.9 Å². The van der Waals surface area contributed by atoms with Crippen molar-refractivity contribution in [2.24, 2.45) is 16.7 Å². The molecule has 67 heavy (non-hydrogen) atoms. The lowest BCUT2D eigenvalue weighted by Crippen LogP contribution is -2.78. The second-order valence-corrected chi connectivity index (χ2v) is 20.2. The van der Waals surface area contributed by atoms with Crippen molar-refractivity contribution in [3.63, 3.8) is 0 Å². The van der Waals surface area contributed by atoms with Crippen LogP contribution in [0.25, 0.3) is 12.2 Å². The van der Waals surface area contributed by atoms with Crippen LogP contribution in [0.1, 0.15) is 104 Å². The number of aliphatic hydroxyl groups excluding tert-OH is 1. The molecule has 0 aromatic heterocycles. The number of aliphatic hydroxyl groups is 4. The summed E-state index contributed by atoms with van der Waals surface area (Å²) in [5.41, 5.74) is -5.31. The Morgan fingerprint density at radius 3 is 2.01 bits per heavy atom. The Labute approximate surface area is 394 Å². The van der Waals surface area contributed by atoms with Crippen molar-refractivity contribution in [1.29, 1.82) is 0 Å². The maximum atomic E-state index is 13.9. The van der Waals surface area contributed by atoms with Crippen LogP contribution in [-0.4, -0.2) is 131 Å². The average molecular weight is 931 g/mol. The van der Waals surface area contributed by atoms with E-state index in [0.29, 0.717) is 32.1 Å². The maximum Gasteiger partial charge on any atom is 0.331 e. The molecule has 2 aromatic rings. The highest BCUT2D eigenvalue weighted by atomic mass is 16.7. The largest absolute Gasteiger partial charge is 0.458 e. The zero-order valence-electron chi connectivity index (χ0n) is 39.8. The van der Waals surface area contributed by atoms with Crippen molar-refractivity contribution in [3.05, 3.63) is 95.6 Å². The second kappa shape index (κ2) is 19.5. The van der Waals surface area contributed by atoms with Gasteiger partial charge in [-0.05, 0) is 94.4 Å². The Kier molecular flexibility index (Phi) is 14.5. The molecule has 3 saturated carbocycles. The van der Waals surface area contributed by atoms with E-state index < -0.39 is 101 Å². The number of carbonyl (C=O) groups is 2. The molecule has 366 valence electrons. The minimum Gasteiger partial charge on any atom is -0.458 e. The normalized spacial score (nSPS) is 42.3. The van der Waals surface area contributed by atoms with Crippen molar-refractivity contribution >= 4 is 24.1 Å². The average Bonchev–Trinajstić information content (AvgIpc) is 3.55. The van der Waals surface area contributed by atoms with Gasteiger partial charge in [0.05, 0.1) is 35.9 Å². The first-order chi connectivity index (χ1) is 31.9. The van der Waals surface area contributed by atoms with Gasteiger partial charge in [0.1, 0.15) is 41.2 Å². The number of methoxy groups -OCH3 is 2. The molecule has 8 rings (SSSR count). The highest BCUT2D eigenvalue weighted by molar-refractivity contribution is 5.88. The van der Waals surface area contributed by atoms with Gasteiger partial charge in [-0.25, -0.2) is 9.59 Å². The monoisotopic (exact) mass is 930 g/mol. The molecule has 2 aromatic carbocycles. The highest BCUT2D eigenvalue weighted by Gasteiger charge is 2.81. The summed E-state index contributed by atoms with van der Waals surface area (Å²) in [5.74, 6) is -1.93. The fraction of sp³-hybridized carbons (Fsp3) is 0.623. The smallest absolute Gasteiger partial charge is 0.331 e. The van der Waals surface area contributed by atoms with Crippen LogP contribution in [0.3, 0.4) is 0 Å². The molecule has 0 radical (unpaired) electrons. The van der Waals surface area contributed by atoms with Crippen LogP contribution in [0.15, 0.2) is 84.5 Å². The van der Waals surface area contributed by atoms with Gasteiger partial charge < -0.3 is 58.3 Å². The quantitative estimate of drug-likeness (QED) is 0.101. The number of hydrogen-bond acceptors (Lipinski definition) is 14. The molecule has 5 fully saturated rings. The molecule has 6 aliphatic rings. The van der Waals surface area contributed by atoms with E-state index in [-0.39, 0.29) is 37.9 Å². The van der Waals surface area contributed by atoms with E-state index in [0.717, 1.165) is 16.7 Å². The van der Waals surface area contributed by atoms with Crippen LogP contribution in [0.2, 0.25) is 0 Å². The first kappa shape index (κ1) is 49.6. The van der Waals surface area contributed by atoms with Crippen LogP contribution < -0.4 is 0 Å². The third kappa shape index (κ3) is 9.01. The number of esters is 2. The molecule has 2 aliphatic heterocycles. The lowest BCUT2D eigenvalue weighted by molar-refractivity contribution is -0.328. The van der Waals surface area contributed by atoms with Gasteiger partial charge in [-0.3, -0.25) is 0 Å². The highest BCUT2D eigenvalue weighted by Crippen LogP contribution is 2.71. The first-order valence-corrected chi connectivity index (χ1v) is 24.0. The zero-order chi connectivity index (χ0) is 47.9. The molecule has 2 saturated heterocycles. The summed E-state index contributed by atoms with van der Waals surface area (Å²) < 4.78 is 49.3. The standard InChI is InChI=1S/C53H70O14/c1-32-47(56)39(60-6)29-46(62-32)67-48-33(2)63-45(30-40(48)61-7)65-38-23-24-49(4)37(28-38)22-25-52(58)41(49)31-42(66-44(55)21-19-36-16-12-9-13-17-36)50(5)51(57,26-27-53(50,52)59)34(3)64-43(54)20-18-35-14-10-8-11-15-35/h8-22,32-34,38-42,45-48,56-59H,23-31H2,1-7H3/t32-,33-,34-,38-,39-,40-,41+,42+,45+,46-,47-,48-,49-,50+,51+,52-,53+/m0/s1. The lowest BCUT2D eigenvalue weighted by Gasteiger charge is -2.67. The van der Waals surface area contributed by atoms with E-state index >= 15 is 0 Å². The summed E-state index contributed by atoms with van der Waals surface area (Å²) in [6.45, 7) is 9.07. The molecule has 14 heteroatoms. The van der Waals surface area contributed by atoms with Crippen molar-refractivity contribution in [2.45, 2.75) is 177 Å². The fourth-order valence-corrected chi connectivity index (χ4v) is 12.8. The molecule has 2 heterocycles. The number of rotatable bonds is 13. The van der Waals surface area contributed by atoms with Gasteiger partial charge in [0.15, 0.2) is 12.6 Å². The molecule has 0 unspecified atom stereocenters. The molecule has 0 spiro atoms. The maximum absolute atomic E-state index is 13.9. The predicted octanol–water partition coefficient (Wildman–Crippen LogP) is 6.22. The van der Waals surface area contributed by atoms with Gasteiger partial charge in [0.25, 0.3) is 0 Å². The molecular weight excluding hydrogens is 861 g/mol. The molecule has 4 N–H and O–H groups in total. The zero-order valence-corrected chi connectivity index (χ0v) is 39.8. The topological polar surface area (TPSA) is 189 Å². The number of carbonyl (C=O) groups excluding carboxylic acids is 2. The first-order valence-electron chi connectivity index (χ1n) is 24.0. The van der Waals surface area contributed by atoms with Gasteiger partial charge >= 0.3 is 11.9 Å². The van der Waals surface area contributed by atoms with E-state index in [1.807, 2.05) is 73.7 Å². The van der Waals surface area contributed by atoms with Crippen molar-refractivity contribution < 1.29 is 67.9 Å². The summed E-state index contributed by atoms with van der Waals surface area (Å²) >= 11 is 0. The Morgan fingerprint density at radius 1 is 0.776 bits per heavy atom. The lowest BCUT2D eigenvalue weighted by atomic mass is 9.42. The minimum absolute atomic E-state index is 0.0270. The summed E-state index contributed by atoms with van der Waals surface area (Å²) in [4.78, 5) is 27.2. The summed E-state index contributed by atoms with van der Waals surface area (Å²) in [7, 11) is 3.20. The Bertz CT molecular complexity index is 2150. The third-order valence-corrected chi connectivity index (χ3v) is 16.8. The van der Waals surface area contributed by atoms with Gasteiger partial charge in [-0.15, -0.1) is 0 Å². The van der Waals surface area contributed by atoms with Crippen molar-refractivity contribution in [3.8, 4) is 0 Å². The fourth-order valence-electron chi connectivity index (χ4n) is 12.8. The van der Waals surface area contributed by atoms with Gasteiger partial charge in [0.2, 0.25) is 0 Å². The van der Waals surface area contributed by atoms with E-state index in [1.165, 1.54) is 12.2 Å². The minimum atomic E-state index is -1.98. The molecule has 0 amide bonds. The van der Waals surface area contributed by atoms with E-state index in [1.54, 1.807) is 47.1 Å². The van der Waals surface area contributed by atoms with Crippen LogP contribution in [0.4, 0.5) is 0 Å². The van der Waals surface area contributed by atoms with Crippen molar-refractivity contribution in [1.82, 2.24) is 0 Å². The summed E-state index contributed by atoms with van der Waals surface area (Å²) in [6.07, 6.45) is 4.07. The number of hydrogen-bond donors (Lipinski definition) is 4. The summed E-state index contributed by atoms with van der Waals surface area (Å²) in [5, 5.41) is 49.9. The number of fused-ring (bicyclic) bond motifs is 5. The number of benzene rings is 2. The van der Waals surface area contributed by atoms with Crippen LogP contribution >= 0.6 is 0 Å². The molecule has 14 nitrogen and oxygen atoms in total. The molecule has 17 atom stereocenters. The van der Waals surface area contributed by atoms with Gasteiger partial charge in [0, 0.05) is 45.1 Å². The number of ether oxygens (including phenoxy) is 8. The van der Waals surface area contributed by atoms with Crippen LogP contribution in [0, 0.1) is 16.7 Å². The van der Waals surface area contributed by atoms with Gasteiger partial charge in [-0.1, -0.05) is 86.2 Å². The Balaban J connectivity index is 1.01. The van der Waals surface area contributed by atoms with E-state index in [2.05, 4.69) is 6.92 Å². The molecular formula is C53H70O14. The van der Waals surface area contributed by atoms with Gasteiger partial charge in [-0.2, -0.15) is 0 Å². The molecule has 0 bridgehead atoms. The summed E-state index contributed by atoms with van der Waals surface area (Å²) in [6, 6.07) is 18.6. The van der Waals surface area contributed by atoms with Crippen LogP contribution in [-0.2, 0) is 47.5 Å². The second-order valence-electron chi connectivity index (χ2n) is 20.2. The van der Waals surface area contributed by atoms with Crippen LogP contribution in [0.5, 0.6) is 0 Å². The third-order valence-electron chi connectivity index (χ3n) is 16.8. The Morgan fingerprint density at radius 2 is 1.37 bits per heavy atom. The van der Waals surface area contributed by atoms with E-state index in [9.17, 15) is 30.0 Å². The Hall–Kier alpha value is -3.80. The van der Waals surface area contributed by atoms with Crippen molar-refractivity contribution in [2.75, 3.05) is 14.2 Å². The predicted molar refractivity (Wildman–Crippen MR) is 247 cm³/mol. The molecule has 4 aliphatic carbocycles. The SMILES string of the molecule is CO[C@H]1C[C@H](O[C@H]2[C@H](C)O[C@H](O[C@H]3CC[C@@]4(C)C(=CC[C@]5(O)[C@@H]4C[C@@H](OC(=O)C=Cc4ccccc4)[C@@]4(C)[C@]5(O)CC[C@@]4(O)[C@H](C)OC(=O)C=Cc4ccccc4)C3)C[C@@H]2OC)O[C@@H](C)[C@@H]1O.